The van der Waals surface area contributed by atoms with Crippen LogP contribution >= 0.6 is 0 Å². The maximum absolute atomic E-state index is 12.5. The molecule has 4 rings (SSSR count). The van der Waals surface area contributed by atoms with Crippen molar-refractivity contribution in [3.63, 3.8) is 0 Å². The molecule has 1 saturated heterocycles. The third-order valence-electron chi connectivity index (χ3n) is 5.96. The van der Waals surface area contributed by atoms with Crippen molar-refractivity contribution in [3.05, 3.63) is 53.6 Å². The van der Waals surface area contributed by atoms with Gasteiger partial charge in [0, 0.05) is 38.6 Å². The molecule has 2 heterocycles. The molecule has 1 amide bonds. The molecule has 0 spiro atoms. The van der Waals surface area contributed by atoms with Crippen molar-refractivity contribution in [2.75, 3.05) is 31.1 Å². The number of aromatic nitrogens is 2. The number of anilines is 1. The minimum atomic E-state index is -0.896. The maximum Gasteiger partial charge on any atom is 0.251 e. The molecule has 1 aliphatic heterocycles. The van der Waals surface area contributed by atoms with Gasteiger partial charge in [-0.05, 0) is 43.5 Å². The molecule has 0 saturated carbocycles. The normalized spacial score (nSPS) is 15.4. The predicted molar refractivity (Wildman–Crippen MR) is 126 cm³/mol. The summed E-state index contributed by atoms with van der Waals surface area (Å²) in [6, 6.07) is 14.4. The van der Waals surface area contributed by atoms with Crippen molar-refractivity contribution in [2.24, 2.45) is 0 Å². The Morgan fingerprint density at radius 2 is 1.84 bits per heavy atom. The number of piperazine rings is 1. The van der Waals surface area contributed by atoms with Gasteiger partial charge in [0.25, 0.3) is 5.91 Å². The highest BCUT2D eigenvalue weighted by Crippen LogP contribution is 2.30. The SMILES string of the molecule is CCCC(O)C(=O)N1CCN(c2nc(-c3ccccc3C)nc3cc(C)ccc23)CC1.[HH]. The van der Waals surface area contributed by atoms with E-state index in [1.807, 2.05) is 19.1 Å². The van der Waals surface area contributed by atoms with Gasteiger partial charge in [0.2, 0.25) is 0 Å². The number of rotatable bonds is 5. The van der Waals surface area contributed by atoms with E-state index in [9.17, 15) is 9.90 Å². The van der Waals surface area contributed by atoms with Gasteiger partial charge in [-0.3, -0.25) is 4.79 Å². The standard InChI is InChI=1S/C25H30N4O2.H2/c1-4-7-22(30)25(31)29-14-12-28(13-15-29)24-20-11-10-17(2)16-21(20)26-23(27-24)19-9-6-5-8-18(19)3;/h5-6,8-11,16,22,30H,4,7,12-15H2,1-3H3;1H. The summed E-state index contributed by atoms with van der Waals surface area (Å²) in [6.45, 7) is 8.64. The molecule has 3 aromatic rings. The van der Waals surface area contributed by atoms with Crippen LogP contribution in [0.1, 0.15) is 32.3 Å². The number of aryl methyl sites for hydroxylation is 2. The zero-order valence-electron chi connectivity index (χ0n) is 18.5. The number of carbonyl (C=O) groups excluding carboxylic acids is 1. The van der Waals surface area contributed by atoms with Crippen LogP contribution in [0.3, 0.4) is 0 Å². The van der Waals surface area contributed by atoms with E-state index in [-0.39, 0.29) is 7.33 Å². The molecule has 164 valence electrons. The summed E-state index contributed by atoms with van der Waals surface area (Å²) in [5.74, 6) is 1.47. The second kappa shape index (κ2) is 9.02. The summed E-state index contributed by atoms with van der Waals surface area (Å²) in [4.78, 5) is 26.3. The smallest absolute Gasteiger partial charge is 0.251 e. The van der Waals surface area contributed by atoms with Crippen LogP contribution in [0.25, 0.3) is 22.3 Å². The first kappa shape index (κ1) is 21.2. The lowest BCUT2D eigenvalue weighted by atomic mass is 10.1. The molecule has 1 unspecified atom stereocenters. The second-order valence-corrected chi connectivity index (χ2v) is 8.32. The van der Waals surface area contributed by atoms with Gasteiger partial charge in [0.05, 0.1) is 5.52 Å². The van der Waals surface area contributed by atoms with E-state index >= 15 is 0 Å². The summed E-state index contributed by atoms with van der Waals surface area (Å²) < 4.78 is 0. The van der Waals surface area contributed by atoms with Crippen molar-refractivity contribution < 1.29 is 11.3 Å². The van der Waals surface area contributed by atoms with E-state index in [1.54, 1.807) is 4.90 Å². The lowest BCUT2D eigenvalue weighted by molar-refractivity contribution is -0.140. The minimum Gasteiger partial charge on any atom is -0.383 e. The lowest BCUT2D eigenvalue weighted by Gasteiger charge is -2.36. The summed E-state index contributed by atoms with van der Waals surface area (Å²) in [5.41, 5.74) is 4.26. The van der Waals surface area contributed by atoms with Gasteiger partial charge < -0.3 is 14.9 Å². The van der Waals surface area contributed by atoms with E-state index in [1.165, 1.54) is 0 Å². The molecule has 1 fully saturated rings. The molecule has 2 aromatic carbocycles. The fourth-order valence-corrected chi connectivity index (χ4v) is 4.15. The van der Waals surface area contributed by atoms with E-state index in [0.29, 0.717) is 32.6 Å². The van der Waals surface area contributed by atoms with Gasteiger partial charge in [-0.25, -0.2) is 9.97 Å². The number of hydrogen-bond acceptors (Lipinski definition) is 5. The van der Waals surface area contributed by atoms with E-state index < -0.39 is 6.10 Å². The first-order valence-electron chi connectivity index (χ1n) is 11.0. The lowest BCUT2D eigenvalue weighted by Crippen LogP contribution is -2.51. The number of fused-ring (bicyclic) bond motifs is 1. The monoisotopic (exact) mass is 420 g/mol. The molecule has 0 radical (unpaired) electrons. The Labute approximate surface area is 185 Å². The van der Waals surface area contributed by atoms with Gasteiger partial charge in [0.1, 0.15) is 11.9 Å². The van der Waals surface area contributed by atoms with Crippen LogP contribution in [-0.2, 0) is 4.79 Å². The van der Waals surface area contributed by atoms with Crippen molar-refractivity contribution in [3.8, 4) is 11.4 Å². The Morgan fingerprint density at radius 3 is 2.55 bits per heavy atom. The van der Waals surface area contributed by atoms with Crippen LogP contribution in [0.4, 0.5) is 5.82 Å². The van der Waals surface area contributed by atoms with Crippen molar-refractivity contribution in [2.45, 2.75) is 39.7 Å². The zero-order chi connectivity index (χ0) is 22.0. The highest BCUT2D eigenvalue weighted by atomic mass is 16.3. The summed E-state index contributed by atoms with van der Waals surface area (Å²) in [7, 11) is 0. The molecule has 0 aliphatic carbocycles. The number of nitrogens with zero attached hydrogens (tertiary/aromatic N) is 4. The van der Waals surface area contributed by atoms with Crippen LogP contribution in [-0.4, -0.2) is 58.2 Å². The van der Waals surface area contributed by atoms with Gasteiger partial charge in [-0.1, -0.05) is 43.7 Å². The third kappa shape index (κ3) is 4.39. The molecular formula is C25H32N4O2. The Bertz CT molecular complexity index is 1100. The predicted octanol–water partition coefficient (Wildman–Crippen LogP) is 3.97. The molecule has 1 aliphatic rings. The fraction of sp³-hybridized carbons (Fsp3) is 0.400. The average Bonchev–Trinajstić information content (AvgIpc) is 2.78. The molecule has 1 N–H and O–H groups in total. The number of aliphatic hydroxyl groups excluding tert-OH is 1. The zero-order valence-corrected chi connectivity index (χ0v) is 18.5. The Balaban J connectivity index is 0.00000289. The van der Waals surface area contributed by atoms with Crippen molar-refractivity contribution >= 4 is 22.6 Å². The molecule has 1 aromatic heterocycles. The van der Waals surface area contributed by atoms with Crippen LogP contribution in [0.5, 0.6) is 0 Å². The van der Waals surface area contributed by atoms with Crippen molar-refractivity contribution in [1.29, 1.82) is 0 Å². The van der Waals surface area contributed by atoms with E-state index in [2.05, 4.69) is 49.1 Å². The fourth-order valence-electron chi connectivity index (χ4n) is 4.15. The Morgan fingerprint density at radius 1 is 1.10 bits per heavy atom. The van der Waals surface area contributed by atoms with Crippen LogP contribution in [0, 0.1) is 13.8 Å². The van der Waals surface area contributed by atoms with E-state index in [0.717, 1.165) is 45.7 Å². The maximum atomic E-state index is 12.5. The summed E-state index contributed by atoms with van der Waals surface area (Å²) in [6.07, 6.45) is 0.405. The number of hydrogen-bond donors (Lipinski definition) is 1. The number of amides is 1. The first-order valence-corrected chi connectivity index (χ1v) is 11.0. The topological polar surface area (TPSA) is 69.6 Å². The Kier molecular flexibility index (Phi) is 6.18. The second-order valence-electron chi connectivity index (χ2n) is 8.32. The number of carbonyl (C=O) groups is 1. The summed E-state index contributed by atoms with van der Waals surface area (Å²) in [5, 5.41) is 11.1. The number of benzene rings is 2. The molecule has 31 heavy (non-hydrogen) atoms. The van der Waals surface area contributed by atoms with Gasteiger partial charge in [0.15, 0.2) is 5.82 Å². The van der Waals surface area contributed by atoms with Gasteiger partial charge in [-0.15, -0.1) is 0 Å². The largest absolute Gasteiger partial charge is 0.383 e. The first-order chi connectivity index (χ1) is 15.0. The molecular weight excluding hydrogens is 388 g/mol. The van der Waals surface area contributed by atoms with Crippen molar-refractivity contribution in [1.82, 2.24) is 14.9 Å². The van der Waals surface area contributed by atoms with Gasteiger partial charge >= 0.3 is 0 Å². The minimum absolute atomic E-state index is 0. The summed E-state index contributed by atoms with van der Waals surface area (Å²) >= 11 is 0. The molecule has 1 atom stereocenters. The van der Waals surface area contributed by atoms with Crippen LogP contribution in [0.2, 0.25) is 0 Å². The molecule has 6 nitrogen and oxygen atoms in total. The number of aliphatic hydroxyl groups is 1. The molecule has 0 bridgehead atoms. The quantitative estimate of drug-likeness (QED) is 0.676. The average molecular weight is 421 g/mol. The highest BCUT2D eigenvalue weighted by Gasteiger charge is 2.27. The Hall–Kier alpha value is -2.99. The van der Waals surface area contributed by atoms with Crippen LogP contribution < -0.4 is 4.90 Å². The highest BCUT2D eigenvalue weighted by molar-refractivity contribution is 5.92. The molecule has 6 heteroatoms. The van der Waals surface area contributed by atoms with Gasteiger partial charge in [-0.2, -0.15) is 0 Å². The van der Waals surface area contributed by atoms with Crippen LogP contribution in [0.15, 0.2) is 42.5 Å². The van der Waals surface area contributed by atoms with E-state index in [4.69, 9.17) is 9.97 Å². The third-order valence-corrected chi connectivity index (χ3v) is 5.96.